The second kappa shape index (κ2) is 4.44. The fourth-order valence-corrected chi connectivity index (χ4v) is 5.77. The van der Waals surface area contributed by atoms with Gasteiger partial charge in [-0.25, -0.2) is 13.4 Å². The van der Waals surface area contributed by atoms with Gasteiger partial charge in [0, 0.05) is 30.0 Å². The van der Waals surface area contributed by atoms with E-state index in [2.05, 4.69) is 20.9 Å². The summed E-state index contributed by atoms with van der Waals surface area (Å²) in [6.07, 6.45) is 3.58. The summed E-state index contributed by atoms with van der Waals surface area (Å²) in [4.78, 5) is 4.17. The molecule has 0 spiro atoms. The number of hydrogen-bond acceptors (Lipinski definition) is 4. The van der Waals surface area contributed by atoms with Crippen molar-refractivity contribution in [1.29, 1.82) is 0 Å². The van der Waals surface area contributed by atoms with Crippen molar-refractivity contribution in [3.8, 4) is 0 Å². The second-order valence-corrected chi connectivity index (χ2v) is 7.84. The average Bonchev–Trinajstić information content (AvgIpc) is 2.95. The Balaban J connectivity index is 1.95. The van der Waals surface area contributed by atoms with E-state index in [1.54, 1.807) is 17.6 Å². The number of thiophene rings is 1. The molecule has 5 nitrogen and oxygen atoms in total. The van der Waals surface area contributed by atoms with Crippen molar-refractivity contribution < 1.29 is 8.42 Å². The van der Waals surface area contributed by atoms with Crippen LogP contribution in [0, 0.1) is 0 Å². The first-order valence-electron chi connectivity index (χ1n) is 5.32. The van der Waals surface area contributed by atoms with Gasteiger partial charge >= 0.3 is 0 Å². The van der Waals surface area contributed by atoms with Crippen LogP contribution in [0.3, 0.4) is 0 Å². The first kappa shape index (κ1) is 12.3. The molecule has 2 aromatic heterocycles. The maximum absolute atomic E-state index is 12.5. The first-order valence-corrected chi connectivity index (χ1v) is 8.43. The van der Waals surface area contributed by atoms with E-state index in [0.29, 0.717) is 28.3 Å². The van der Waals surface area contributed by atoms with E-state index in [4.69, 9.17) is 0 Å². The lowest BCUT2D eigenvalue weighted by molar-refractivity contribution is 0.336. The van der Waals surface area contributed by atoms with Crippen molar-refractivity contribution in [3.05, 3.63) is 34.1 Å². The molecule has 0 fully saturated rings. The third-order valence-electron chi connectivity index (χ3n) is 2.87. The molecule has 2 aromatic rings. The minimum atomic E-state index is -3.42. The highest BCUT2D eigenvalue weighted by atomic mass is 79.9. The van der Waals surface area contributed by atoms with Gasteiger partial charge in [0.1, 0.15) is 10.0 Å². The van der Waals surface area contributed by atoms with E-state index in [9.17, 15) is 8.42 Å². The van der Waals surface area contributed by atoms with E-state index in [1.807, 2.05) is 10.8 Å². The van der Waals surface area contributed by atoms with E-state index >= 15 is 0 Å². The number of rotatable bonds is 2. The molecule has 0 bridgehead atoms. The van der Waals surface area contributed by atoms with Gasteiger partial charge in [0.15, 0.2) is 0 Å². The minimum Gasteiger partial charge on any atom is -0.333 e. The van der Waals surface area contributed by atoms with E-state index in [0.717, 1.165) is 5.82 Å². The quantitative estimate of drug-likeness (QED) is 0.833. The third-order valence-corrected chi connectivity index (χ3v) is 7.36. The number of sulfonamides is 1. The Morgan fingerprint density at radius 1 is 1.39 bits per heavy atom. The normalized spacial score (nSPS) is 16.7. The van der Waals surface area contributed by atoms with Crippen LogP contribution in [0.15, 0.2) is 32.5 Å². The molecule has 0 unspecified atom stereocenters. The molecule has 0 saturated heterocycles. The molecular formula is C10H10BrN3O2S2. The van der Waals surface area contributed by atoms with Gasteiger partial charge in [-0.1, -0.05) is 0 Å². The molecule has 0 N–H and O–H groups in total. The standard InChI is InChI=1S/C10H10BrN3O2S2/c11-8-1-6-17-10(8)18(15,16)14-5-4-13-3-2-12-9(13)7-14/h1-3,6H,4-5,7H2. The summed E-state index contributed by atoms with van der Waals surface area (Å²) in [5.41, 5.74) is 0. The third kappa shape index (κ3) is 1.93. The Labute approximate surface area is 117 Å². The summed E-state index contributed by atoms with van der Waals surface area (Å²) < 4.78 is 29.4. The van der Waals surface area contributed by atoms with Crippen LogP contribution in [-0.4, -0.2) is 28.8 Å². The fourth-order valence-electron chi connectivity index (χ4n) is 1.94. The summed E-state index contributed by atoms with van der Waals surface area (Å²) >= 11 is 4.51. The summed E-state index contributed by atoms with van der Waals surface area (Å²) in [6.45, 7) is 1.47. The van der Waals surface area contributed by atoms with Gasteiger partial charge in [-0.15, -0.1) is 11.3 Å². The minimum absolute atomic E-state index is 0.333. The molecule has 18 heavy (non-hydrogen) atoms. The predicted molar refractivity (Wildman–Crippen MR) is 71.8 cm³/mol. The van der Waals surface area contributed by atoms with Crippen LogP contribution in [0.1, 0.15) is 5.82 Å². The predicted octanol–water partition coefficient (Wildman–Crippen LogP) is 1.91. The topological polar surface area (TPSA) is 55.2 Å². The molecule has 8 heteroatoms. The van der Waals surface area contributed by atoms with E-state index in [-0.39, 0.29) is 0 Å². The smallest absolute Gasteiger partial charge is 0.254 e. The Kier molecular flexibility index (Phi) is 3.05. The van der Waals surface area contributed by atoms with Gasteiger partial charge in [-0.3, -0.25) is 0 Å². The molecule has 96 valence electrons. The van der Waals surface area contributed by atoms with Gasteiger partial charge in [-0.05, 0) is 27.4 Å². The lowest BCUT2D eigenvalue weighted by Crippen LogP contribution is -2.38. The molecule has 0 aromatic carbocycles. The summed E-state index contributed by atoms with van der Waals surface area (Å²) in [7, 11) is -3.42. The molecule has 3 rings (SSSR count). The number of nitrogens with zero attached hydrogens (tertiary/aromatic N) is 3. The van der Waals surface area contributed by atoms with E-state index < -0.39 is 10.0 Å². The maximum atomic E-state index is 12.5. The Morgan fingerprint density at radius 3 is 2.94 bits per heavy atom. The maximum Gasteiger partial charge on any atom is 0.254 e. The van der Waals surface area contributed by atoms with Gasteiger partial charge in [0.2, 0.25) is 0 Å². The molecule has 1 aliphatic rings. The van der Waals surface area contributed by atoms with Crippen molar-refractivity contribution in [1.82, 2.24) is 13.9 Å². The molecule has 3 heterocycles. The van der Waals surface area contributed by atoms with Crippen LogP contribution >= 0.6 is 27.3 Å². The van der Waals surface area contributed by atoms with Crippen LogP contribution in [0.25, 0.3) is 0 Å². The zero-order valence-corrected chi connectivity index (χ0v) is 12.5. The van der Waals surface area contributed by atoms with E-state index in [1.165, 1.54) is 15.6 Å². The van der Waals surface area contributed by atoms with Crippen LogP contribution in [-0.2, 0) is 23.1 Å². The van der Waals surface area contributed by atoms with Crippen LogP contribution in [0.5, 0.6) is 0 Å². The summed E-state index contributed by atoms with van der Waals surface area (Å²) in [5, 5.41) is 1.77. The molecule has 1 aliphatic heterocycles. The van der Waals surface area contributed by atoms with Crippen LogP contribution in [0.2, 0.25) is 0 Å². The van der Waals surface area contributed by atoms with Gasteiger partial charge in [0.25, 0.3) is 10.0 Å². The second-order valence-electron chi connectivity index (χ2n) is 3.93. The SMILES string of the molecule is O=S(=O)(c1sccc1Br)N1CCn2ccnc2C1. The first-order chi connectivity index (χ1) is 8.59. The Morgan fingerprint density at radius 2 is 2.22 bits per heavy atom. The zero-order chi connectivity index (χ0) is 12.8. The zero-order valence-electron chi connectivity index (χ0n) is 9.28. The lowest BCUT2D eigenvalue weighted by Gasteiger charge is -2.26. The van der Waals surface area contributed by atoms with Crippen molar-refractivity contribution >= 4 is 37.3 Å². The average molecular weight is 348 g/mol. The largest absolute Gasteiger partial charge is 0.333 e. The highest BCUT2D eigenvalue weighted by Crippen LogP contribution is 2.31. The van der Waals surface area contributed by atoms with Crippen molar-refractivity contribution in [2.24, 2.45) is 0 Å². The van der Waals surface area contributed by atoms with Crippen molar-refractivity contribution in [3.63, 3.8) is 0 Å². The number of halogens is 1. The van der Waals surface area contributed by atoms with Gasteiger partial charge in [-0.2, -0.15) is 4.31 Å². The monoisotopic (exact) mass is 347 g/mol. The van der Waals surface area contributed by atoms with Gasteiger partial charge < -0.3 is 4.57 Å². The van der Waals surface area contributed by atoms with Crippen molar-refractivity contribution in [2.45, 2.75) is 17.3 Å². The number of imidazole rings is 1. The fraction of sp³-hybridized carbons (Fsp3) is 0.300. The van der Waals surface area contributed by atoms with Crippen LogP contribution in [0.4, 0.5) is 0 Å². The number of hydrogen-bond donors (Lipinski definition) is 0. The number of aromatic nitrogens is 2. The Bertz CT molecular complexity index is 677. The van der Waals surface area contributed by atoms with Crippen molar-refractivity contribution in [2.75, 3.05) is 6.54 Å². The van der Waals surface area contributed by atoms with Gasteiger partial charge in [0.05, 0.1) is 6.54 Å². The molecule has 0 amide bonds. The molecule has 0 aliphatic carbocycles. The Hall–Kier alpha value is -0.700. The molecule has 0 atom stereocenters. The summed E-state index contributed by atoms with van der Waals surface area (Å²) in [6, 6.07) is 1.75. The number of fused-ring (bicyclic) bond motifs is 1. The lowest BCUT2D eigenvalue weighted by atomic mass is 10.4. The highest BCUT2D eigenvalue weighted by molar-refractivity contribution is 9.10. The molecule has 0 radical (unpaired) electrons. The van der Waals surface area contributed by atoms with Crippen LogP contribution < -0.4 is 0 Å². The summed E-state index contributed by atoms with van der Waals surface area (Å²) in [5.74, 6) is 0.789. The molecule has 0 saturated carbocycles. The highest BCUT2D eigenvalue weighted by Gasteiger charge is 2.31. The molecular weight excluding hydrogens is 338 g/mol.